The average molecular weight is 471 g/mol. The van der Waals surface area contributed by atoms with Gasteiger partial charge in [0.05, 0.1) is 0 Å². The first-order chi connectivity index (χ1) is 16.0. The van der Waals surface area contributed by atoms with Crippen LogP contribution in [-0.4, -0.2) is 35.4 Å². The van der Waals surface area contributed by atoms with Crippen molar-refractivity contribution < 1.29 is 14.3 Å². The molecule has 0 bridgehead atoms. The van der Waals surface area contributed by atoms with Crippen LogP contribution in [0.2, 0.25) is 5.02 Å². The SMILES string of the molecule is CCc1ccc(OCC(=O)N(Cc2ccccc2Cl)C(CC)C(=O)NC2CCCCC2)cc1. The van der Waals surface area contributed by atoms with E-state index in [2.05, 4.69) is 12.2 Å². The smallest absolute Gasteiger partial charge is 0.261 e. The molecule has 1 unspecified atom stereocenters. The van der Waals surface area contributed by atoms with Crippen molar-refractivity contribution in [2.45, 2.75) is 77.4 Å². The first kappa shape index (κ1) is 25.1. The molecule has 6 heteroatoms. The Morgan fingerprint density at radius 1 is 1.06 bits per heavy atom. The van der Waals surface area contributed by atoms with Gasteiger partial charge in [-0.3, -0.25) is 9.59 Å². The van der Waals surface area contributed by atoms with E-state index in [0.717, 1.165) is 37.7 Å². The lowest BCUT2D eigenvalue weighted by atomic mass is 9.95. The van der Waals surface area contributed by atoms with Gasteiger partial charge in [-0.05, 0) is 55.0 Å². The van der Waals surface area contributed by atoms with Crippen molar-refractivity contribution in [3.05, 3.63) is 64.7 Å². The monoisotopic (exact) mass is 470 g/mol. The third kappa shape index (κ3) is 7.23. The van der Waals surface area contributed by atoms with Crippen LogP contribution < -0.4 is 10.1 Å². The van der Waals surface area contributed by atoms with Gasteiger partial charge < -0.3 is 15.0 Å². The van der Waals surface area contributed by atoms with Crippen LogP contribution in [0.1, 0.15) is 63.5 Å². The molecule has 2 aromatic carbocycles. The van der Waals surface area contributed by atoms with Gasteiger partial charge in [-0.15, -0.1) is 0 Å². The van der Waals surface area contributed by atoms with Crippen molar-refractivity contribution >= 4 is 23.4 Å². The lowest BCUT2D eigenvalue weighted by molar-refractivity contribution is -0.143. The number of ether oxygens (including phenoxy) is 1. The molecule has 178 valence electrons. The second-order valence-corrected chi connectivity index (χ2v) is 9.07. The van der Waals surface area contributed by atoms with E-state index in [1.807, 2.05) is 49.4 Å². The minimum atomic E-state index is -0.582. The predicted octanol–water partition coefficient (Wildman–Crippen LogP) is 5.54. The van der Waals surface area contributed by atoms with Crippen molar-refractivity contribution in [2.24, 2.45) is 0 Å². The molecule has 0 radical (unpaired) electrons. The standard InChI is InChI=1S/C27H35ClN2O3/c1-3-20-14-16-23(17-15-20)33-19-26(31)30(18-21-10-8-9-13-24(21)28)25(4-2)27(32)29-22-11-6-5-7-12-22/h8-10,13-17,22,25H,3-7,11-12,18-19H2,1-2H3,(H,29,32). The molecular formula is C27H35ClN2O3. The number of carbonyl (C=O) groups is 2. The Labute approximate surface area is 202 Å². The van der Waals surface area contributed by atoms with Crippen LogP contribution in [0.5, 0.6) is 5.75 Å². The zero-order chi connectivity index (χ0) is 23.6. The van der Waals surface area contributed by atoms with Crippen LogP contribution in [0.25, 0.3) is 0 Å². The summed E-state index contributed by atoms with van der Waals surface area (Å²) < 4.78 is 5.78. The van der Waals surface area contributed by atoms with E-state index in [1.165, 1.54) is 12.0 Å². The molecule has 2 amide bonds. The first-order valence-corrected chi connectivity index (χ1v) is 12.4. The van der Waals surface area contributed by atoms with Crippen LogP contribution >= 0.6 is 11.6 Å². The average Bonchev–Trinajstić information content (AvgIpc) is 2.84. The quantitative estimate of drug-likeness (QED) is 0.496. The maximum Gasteiger partial charge on any atom is 0.261 e. The number of benzene rings is 2. The van der Waals surface area contributed by atoms with Gasteiger partial charge in [-0.25, -0.2) is 0 Å². The molecule has 33 heavy (non-hydrogen) atoms. The molecule has 1 saturated carbocycles. The number of nitrogens with one attached hydrogen (secondary N) is 1. The van der Waals surface area contributed by atoms with Gasteiger partial charge in [0.1, 0.15) is 11.8 Å². The predicted molar refractivity (Wildman–Crippen MR) is 132 cm³/mol. The fourth-order valence-electron chi connectivity index (χ4n) is 4.32. The van der Waals surface area contributed by atoms with E-state index in [-0.39, 0.29) is 31.0 Å². The van der Waals surface area contributed by atoms with Crippen molar-refractivity contribution in [3.8, 4) is 5.75 Å². The molecular weight excluding hydrogens is 436 g/mol. The maximum atomic E-state index is 13.3. The number of rotatable bonds is 10. The van der Waals surface area contributed by atoms with Gasteiger partial charge in [0.25, 0.3) is 5.91 Å². The van der Waals surface area contributed by atoms with Gasteiger partial charge in [-0.1, -0.05) is 75.0 Å². The molecule has 0 aromatic heterocycles. The molecule has 5 nitrogen and oxygen atoms in total. The largest absolute Gasteiger partial charge is 0.484 e. The summed E-state index contributed by atoms with van der Waals surface area (Å²) in [7, 11) is 0. The fourth-order valence-corrected chi connectivity index (χ4v) is 4.52. The number of aryl methyl sites for hydroxylation is 1. The highest BCUT2D eigenvalue weighted by Crippen LogP contribution is 2.22. The molecule has 1 aliphatic carbocycles. The third-order valence-corrected chi connectivity index (χ3v) is 6.70. The molecule has 1 fully saturated rings. The summed E-state index contributed by atoms with van der Waals surface area (Å²) in [5, 5.41) is 3.76. The summed E-state index contributed by atoms with van der Waals surface area (Å²) in [6.45, 7) is 4.15. The molecule has 1 atom stereocenters. The second kappa shape index (κ2) is 12.6. The molecule has 0 spiro atoms. The Balaban J connectivity index is 1.74. The van der Waals surface area contributed by atoms with Gasteiger partial charge in [-0.2, -0.15) is 0 Å². The zero-order valence-electron chi connectivity index (χ0n) is 19.7. The van der Waals surface area contributed by atoms with E-state index >= 15 is 0 Å². The highest BCUT2D eigenvalue weighted by Gasteiger charge is 2.31. The summed E-state index contributed by atoms with van der Waals surface area (Å²) in [6, 6.07) is 14.8. The minimum Gasteiger partial charge on any atom is -0.484 e. The van der Waals surface area contributed by atoms with Gasteiger partial charge >= 0.3 is 0 Å². The highest BCUT2D eigenvalue weighted by molar-refractivity contribution is 6.31. The van der Waals surface area contributed by atoms with Crippen LogP contribution in [0.15, 0.2) is 48.5 Å². The summed E-state index contributed by atoms with van der Waals surface area (Å²) in [5.41, 5.74) is 2.02. The summed E-state index contributed by atoms with van der Waals surface area (Å²) in [5.74, 6) is 0.301. The van der Waals surface area contributed by atoms with Crippen LogP contribution in [-0.2, 0) is 22.6 Å². The maximum absolute atomic E-state index is 13.3. The minimum absolute atomic E-state index is 0.0999. The third-order valence-electron chi connectivity index (χ3n) is 6.33. The number of hydrogen-bond acceptors (Lipinski definition) is 3. The van der Waals surface area contributed by atoms with Crippen molar-refractivity contribution in [1.82, 2.24) is 10.2 Å². The summed E-state index contributed by atoms with van der Waals surface area (Å²) in [6.07, 6.45) is 6.94. The molecule has 0 aliphatic heterocycles. The normalized spacial score (nSPS) is 15.0. The summed E-state index contributed by atoms with van der Waals surface area (Å²) >= 11 is 6.39. The summed E-state index contributed by atoms with van der Waals surface area (Å²) in [4.78, 5) is 28.2. The number of hydrogen-bond donors (Lipinski definition) is 1. The lowest BCUT2D eigenvalue weighted by Crippen LogP contribution is -2.52. The first-order valence-electron chi connectivity index (χ1n) is 12.1. The zero-order valence-corrected chi connectivity index (χ0v) is 20.4. The van der Waals surface area contributed by atoms with Gasteiger partial charge in [0, 0.05) is 17.6 Å². The number of carbonyl (C=O) groups excluding carboxylic acids is 2. The number of halogens is 1. The Bertz CT molecular complexity index is 910. The molecule has 1 N–H and O–H groups in total. The van der Waals surface area contributed by atoms with E-state index in [0.29, 0.717) is 17.2 Å². The molecule has 3 rings (SSSR count). The Morgan fingerprint density at radius 2 is 1.76 bits per heavy atom. The number of amides is 2. The van der Waals surface area contributed by atoms with E-state index in [9.17, 15) is 9.59 Å². The molecule has 0 heterocycles. The van der Waals surface area contributed by atoms with Crippen molar-refractivity contribution in [2.75, 3.05) is 6.61 Å². The Kier molecular flexibility index (Phi) is 9.61. The number of nitrogens with zero attached hydrogens (tertiary/aromatic N) is 1. The Hall–Kier alpha value is -2.53. The Morgan fingerprint density at radius 3 is 2.39 bits per heavy atom. The van der Waals surface area contributed by atoms with Crippen molar-refractivity contribution in [1.29, 1.82) is 0 Å². The second-order valence-electron chi connectivity index (χ2n) is 8.67. The molecule has 0 saturated heterocycles. The molecule has 2 aromatic rings. The molecule has 1 aliphatic rings. The topological polar surface area (TPSA) is 58.6 Å². The van der Waals surface area contributed by atoms with Gasteiger partial charge in [0.2, 0.25) is 5.91 Å². The van der Waals surface area contributed by atoms with Crippen LogP contribution in [0.3, 0.4) is 0 Å². The van der Waals surface area contributed by atoms with Crippen molar-refractivity contribution in [3.63, 3.8) is 0 Å². The van der Waals surface area contributed by atoms with Crippen LogP contribution in [0.4, 0.5) is 0 Å². The van der Waals surface area contributed by atoms with E-state index < -0.39 is 6.04 Å². The van der Waals surface area contributed by atoms with Crippen LogP contribution in [0, 0.1) is 0 Å². The fraction of sp³-hybridized carbons (Fsp3) is 0.481. The van der Waals surface area contributed by atoms with Gasteiger partial charge in [0.15, 0.2) is 6.61 Å². The highest BCUT2D eigenvalue weighted by atomic mass is 35.5. The van der Waals surface area contributed by atoms with E-state index in [1.54, 1.807) is 11.0 Å². The van der Waals surface area contributed by atoms with E-state index in [4.69, 9.17) is 16.3 Å². The lowest BCUT2D eigenvalue weighted by Gasteiger charge is -2.33.